The average Bonchev–Trinajstić information content (AvgIpc) is 2.30. The highest BCUT2D eigenvalue weighted by atomic mass is 16.6. The van der Waals surface area contributed by atoms with Gasteiger partial charge in [0.2, 0.25) is 0 Å². The van der Waals surface area contributed by atoms with Gasteiger partial charge in [-0.15, -0.1) is 0 Å². The first kappa shape index (κ1) is 12.0. The van der Waals surface area contributed by atoms with Crippen molar-refractivity contribution in [3.05, 3.63) is 0 Å². The van der Waals surface area contributed by atoms with Crippen molar-refractivity contribution in [1.29, 1.82) is 0 Å². The van der Waals surface area contributed by atoms with E-state index >= 15 is 0 Å². The molecule has 0 spiro atoms. The normalized spacial score (nSPS) is 26.5. The summed E-state index contributed by atoms with van der Waals surface area (Å²) in [7, 11) is 0. The lowest BCUT2D eigenvalue weighted by atomic mass is 10.1. The number of nitrogens with one attached hydrogen (secondary N) is 1. The number of esters is 2. The maximum absolute atomic E-state index is 10.9. The van der Waals surface area contributed by atoms with Crippen LogP contribution in [0.25, 0.3) is 0 Å². The largest absolute Gasteiger partial charge is 0.459 e. The molecule has 0 radical (unpaired) electrons. The molecule has 1 aliphatic heterocycles. The third-order valence-corrected chi connectivity index (χ3v) is 2.24. The van der Waals surface area contributed by atoms with Crippen LogP contribution in [0, 0.1) is 0 Å². The van der Waals surface area contributed by atoms with Crippen molar-refractivity contribution < 1.29 is 19.1 Å². The summed E-state index contributed by atoms with van der Waals surface area (Å²) in [6.07, 6.45) is 0.954. The van der Waals surface area contributed by atoms with E-state index in [0.29, 0.717) is 6.54 Å². The first-order valence-electron chi connectivity index (χ1n) is 5.14. The van der Waals surface area contributed by atoms with Gasteiger partial charge in [-0.3, -0.25) is 9.59 Å². The summed E-state index contributed by atoms with van der Waals surface area (Å²) in [6.45, 7) is 4.12. The van der Waals surface area contributed by atoms with Crippen LogP contribution in [0.2, 0.25) is 0 Å². The molecule has 0 aromatic heterocycles. The average molecular weight is 215 g/mol. The zero-order valence-corrected chi connectivity index (χ0v) is 9.12. The van der Waals surface area contributed by atoms with Crippen LogP contribution in [-0.4, -0.2) is 37.2 Å². The Balaban J connectivity index is 2.58. The standard InChI is InChI=1S/C10H17NO4/c1-7(12)14-9-4-3-5-11-6-10(9)15-8(2)13/h9-11H,3-6H2,1-2H3. The Morgan fingerprint density at radius 1 is 1.13 bits per heavy atom. The van der Waals surface area contributed by atoms with Gasteiger partial charge in [-0.25, -0.2) is 0 Å². The highest BCUT2D eigenvalue weighted by molar-refractivity contribution is 5.67. The van der Waals surface area contributed by atoms with E-state index in [1.54, 1.807) is 0 Å². The van der Waals surface area contributed by atoms with Gasteiger partial charge in [-0.2, -0.15) is 0 Å². The predicted molar refractivity (Wildman–Crippen MR) is 53.2 cm³/mol. The summed E-state index contributed by atoms with van der Waals surface area (Å²) in [5, 5.41) is 3.14. The molecule has 0 amide bonds. The number of carbonyl (C=O) groups excluding carboxylic acids is 2. The van der Waals surface area contributed by atoms with Crippen LogP contribution in [0.4, 0.5) is 0 Å². The number of ether oxygens (including phenoxy) is 2. The maximum Gasteiger partial charge on any atom is 0.303 e. The molecule has 1 saturated heterocycles. The van der Waals surface area contributed by atoms with Crippen LogP contribution >= 0.6 is 0 Å². The van der Waals surface area contributed by atoms with Crippen LogP contribution in [0.1, 0.15) is 26.7 Å². The molecule has 2 atom stereocenters. The molecule has 1 heterocycles. The molecular formula is C10H17NO4. The van der Waals surface area contributed by atoms with Gasteiger partial charge >= 0.3 is 11.9 Å². The van der Waals surface area contributed by atoms with Gasteiger partial charge in [-0.05, 0) is 19.4 Å². The predicted octanol–water partition coefficient (Wildman–Crippen LogP) is 0.233. The van der Waals surface area contributed by atoms with Gasteiger partial charge in [0.1, 0.15) is 6.10 Å². The third kappa shape index (κ3) is 4.29. The van der Waals surface area contributed by atoms with Crippen molar-refractivity contribution in [2.24, 2.45) is 0 Å². The first-order valence-corrected chi connectivity index (χ1v) is 5.14. The fraction of sp³-hybridized carbons (Fsp3) is 0.800. The molecule has 5 nitrogen and oxygen atoms in total. The van der Waals surface area contributed by atoms with Crippen molar-refractivity contribution in [3.63, 3.8) is 0 Å². The van der Waals surface area contributed by atoms with Crippen molar-refractivity contribution in [1.82, 2.24) is 5.32 Å². The summed E-state index contributed by atoms with van der Waals surface area (Å²) < 4.78 is 10.2. The molecule has 1 fully saturated rings. The highest BCUT2D eigenvalue weighted by Gasteiger charge is 2.28. The Bertz CT molecular complexity index is 218. The molecular weight excluding hydrogens is 198 g/mol. The molecule has 86 valence electrons. The van der Waals surface area contributed by atoms with E-state index in [1.807, 2.05) is 0 Å². The summed E-state index contributed by atoms with van der Waals surface area (Å²) in [5.41, 5.74) is 0. The minimum absolute atomic E-state index is 0.318. The minimum atomic E-state index is -0.367. The van der Waals surface area contributed by atoms with E-state index < -0.39 is 0 Å². The summed E-state index contributed by atoms with van der Waals surface area (Å²) in [4.78, 5) is 21.7. The van der Waals surface area contributed by atoms with E-state index in [0.717, 1.165) is 19.4 Å². The van der Waals surface area contributed by atoms with Crippen molar-refractivity contribution >= 4 is 11.9 Å². The van der Waals surface area contributed by atoms with E-state index in [-0.39, 0.29) is 24.1 Å². The zero-order valence-electron chi connectivity index (χ0n) is 9.12. The first-order chi connectivity index (χ1) is 7.09. The van der Waals surface area contributed by atoms with E-state index in [9.17, 15) is 9.59 Å². The Morgan fingerprint density at radius 3 is 2.33 bits per heavy atom. The lowest BCUT2D eigenvalue weighted by Gasteiger charge is -2.23. The Hall–Kier alpha value is -1.10. The van der Waals surface area contributed by atoms with Gasteiger partial charge in [0, 0.05) is 20.4 Å². The molecule has 2 unspecified atom stereocenters. The Morgan fingerprint density at radius 2 is 1.73 bits per heavy atom. The van der Waals surface area contributed by atoms with E-state index in [4.69, 9.17) is 9.47 Å². The van der Waals surface area contributed by atoms with Crippen LogP contribution in [0.3, 0.4) is 0 Å². The minimum Gasteiger partial charge on any atom is -0.459 e. The van der Waals surface area contributed by atoms with Crippen molar-refractivity contribution in [2.75, 3.05) is 13.1 Å². The van der Waals surface area contributed by atoms with Crippen molar-refractivity contribution in [2.45, 2.75) is 38.9 Å². The number of hydrogen-bond donors (Lipinski definition) is 1. The molecule has 5 heteroatoms. The van der Waals surface area contributed by atoms with Gasteiger partial charge in [0.05, 0.1) is 0 Å². The fourth-order valence-corrected chi connectivity index (χ4v) is 1.67. The van der Waals surface area contributed by atoms with Gasteiger partial charge in [-0.1, -0.05) is 0 Å². The SMILES string of the molecule is CC(=O)OC1CCCNCC1OC(C)=O. The monoisotopic (exact) mass is 215 g/mol. The quantitative estimate of drug-likeness (QED) is 0.668. The number of hydrogen-bond acceptors (Lipinski definition) is 5. The second kappa shape index (κ2) is 5.70. The van der Waals surface area contributed by atoms with Crippen LogP contribution < -0.4 is 5.32 Å². The maximum atomic E-state index is 10.9. The smallest absolute Gasteiger partial charge is 0.303 e. The topological polar surface area (TPSA) is 64.6 Å². The molecule has 0 bridgehead atoms. The van der Waals surface area contributed by atoms with Crippen LogP contribution in [0.15, 0.2) is 0 Å². The second-order valence-corrected chi connectivity index (χ2v) is 3.64. The molecule has 0 aromatic rings. The van der Waals surface area contributed by atoms with Crippen LogP contribution in [0.5, 0.6) is 0 Å². The van der Waals surface area contributed by atoms with E-state index in [1.165, 1.54) is 13.8 Å². The molecule has 0 saturated carbocycles. The summed E-state index contributed by atoms with van der Waals surface area (Å²) in [5.74, 6) is -0.681. The number of carbonyl (C=O) groups is 2. The molecule has 0 aliphatic carbocycles. The lowest BCUT2D eigenvalue weighted by molar-refractivity contribution is -0.164. The third-order valence-electron chi connectivity index (χ3n) is 2.24. The molecule has 1 aliphatic rings. The summed E-state index contributed by atoms with van der Waals surface area (Å²) in [6, 6.07) is 0. The van der Waals surface area contributed by atoms with E-state index in [2.05, 4.69) is 5.32 Å². The molecule has 1 rings (SSSR count). The highest BCUT2D eigenvalue weighted by Crippen LogP contribution is 2.13. The Kier molecular flexibility index (Phi) is 4.55. The van der Waals surface area contributed by atoms with Gasteiger partial charge < -0.3 is 14.8 Å². The lowest BCUT2D eigenvalue weighted by Crippen LogP contribution is -2.39. The second-order valence-electron chi connectivity index (χ2n) is 3.64. The van der Waals surface area contributed by atoms with Crippen molar-refractivity contribution in [3.8, 4) is 0 Å². The molecule has 15 heavy (non-hydrogen) atoms. The number of rotatable bonds is 2. The van der Waals surface area contributed by atoms with Gasteiger partial charge in [0.15, 0.2) is 6.10 Å². The zero-order chi connectivity index (χ0) is 11.3. The molecule has 1 N–H and O–H groups in total. The summed E-state index contributed by atoms with van der Waals surface area (Å²) >= 11 is 0. The fourth-order valence-electron chi connectivity index (χ4n) is 1.67. The van der Waals surface area contributed by atoms with Gasteiger partial charge in [0.25, 0.3) is 0 Å². The molecule has 0 aromatic carbocycles. The Labute approximate surface area is 89.1 Å². The van der Waals surface area contributed by atoms with Crippen LogP contribution in [-0.2, 0) is 19.1 Å².